The third-order valence-corrected chi connectivity index (χ3v) is 5.06. The largest absolute Gasteiger partial charge is 0.465 e. The van der Waals surface area contributed by atoms with Crippen molar-refractivity contribution in [2.24, 2.45) is 5.92 Å². The van der Waals surface area contributed by atoms with Gasteiger partial charge in [-0.2, -0.15) is 10.2 Å². The van der Waals surface area contributed by atoms with E-state index in [0.29, 0.717) is 48.9 Å². The predicted molar refractivity (Wildman–Crippen MR) is 107 cm³/mol. The number of anilines is 1. The Morgan fingerprint density at radius 2 is 1.94 bits per heavy atom. The van der Waals surface area contributed by atoms with Crippen molar-refractivity contribution in [3.05, 3.63) is 53.9 Å². The van der Waals surface area contributed by atoms with Crippen molar-refractivity contribution < 1.29 is 27.9 Å². The summed E-state index contributed by atoms with van der Waals surface area (Å²) in [6.07, 6.45) is 2.59. The molecule has 0 radical (unpaired) electrons. The van der Waals surface area contributed by atoms with Crippen molar-refractivity contribution in [2.45, 2.75) is 12.8 Å². The van der Waals surface area contributed by atoms with Gasteiger partial charge in [0.05, 0.1) is 24.9 Å². The van der Waals surface area contributed by atoms with Gasteiger partial charge in [0, 0.05) is 13.1 Å². The highest BCUT2D eigenvalue weighted by Gasteiger charge is 2.30. The molecule has 0 unspecified atom stereocenters. The van der Waals surface area contributed by atoms with Crippen LogP contribution in [0.1, 0.15) is 28.9 Å². The maximum atomic E-state index is 12.5. The highest BCUT2D eigenvalue weighted by Crippen LogP contribution is 2.31. The fourth-order valence-electron chi connectivity index (χ4n) is 3.40. The number of rotatable bonds is 5. The third-order valence-electron chi connectivity index (χ3n) is 5.06. The summed E-state index contributed by atoms with van der Waals surface area (Å²) in [5.41, 5.74) is 0.558. The number of hydrogen-bond donors (Lipinski definition) is 0. The number of carbonyl (C=O) groups excluding carboxylic acids is 2. The molecule has 1 fully saturated rings. The molecule has 1 aromatic carbocycles. The summed E-state index contributed by atoms with van der Waals surface area (Å²) in [5, 5.41) is 9.40. The summed E-state index contributed by atoms with van der Waals surface area (Å²) in [5.74, 6) is 0.358. The molecule has 0 amide bonds. The Balaban J connectivity index is 1.37. The number of nitriles is 1. The molecule has 9 nitrogen and oxygen atoms in total. The highest BCUT2D eigenvalue weighted by atomic mass is 16.5. The number of esters is 2. The van der Waals surface area contributed by atoms with E-state index in [4.69, 9.17) is 13.6 Å². The Hall–Kier alpha value is -4.06. The first kappa shape index (κ1) is 20.2. The molecule has 0 bridgehead atoms. The van der Waals surface area contributed by atoms with E-state index in [-0.39, 0.29) is 23.5 Å². The summed E-state index contributed by atoms with van der Waals surface area (Å²) in [4.78, 5) is 30.1. The molecular weight excluding hydrogens is 402 g/mol. The maximum Gasteiger partial charge on any atom is 0.337 e. The molecule has 31 heavy (non-hydrogen) atoms. The van der Waals surface area contributed by atoms with Crippen molar-refractivity contribution >= 4 is 17.8 Å². The number of oxazole rings is 1. The lowest BCUT2D eigenvalue weighted by Gasteiger charge is -2.30. The zero-order valence-electron chi connectivity index (χ0n) is 16.7. The smallest absolute Gasteiger partial charge is 0.337 e. The lowest BCUT2D eigenvalue weighted by Crippen LogP contribution is -2.37. The summed E-state index contributed by atoms with van der Waals surface area (Å²) in [7, 11) is 1.30. The molecule has 0 spiro atoms. The number of methoxy groups -OCH3 is 1. The molecule has 3 heterocycles. The van der Waals surface area contributed by atoms with Crippen LogP contribution >= 0.6 is 0 Å². The molecule has 9 heteroatoms. The molecule has 1 saturated heterocycles. The summed E-state index contributed by atoms with van der Waals surface area (Å²) >= 11 is 0. The number of ether oxygens (including phenoxy) is 2. The third kappa shape index (κ3) is 4.28. The van der Waals surface area contributed by atoms with Crippen LogP contribution < -0.4 is 9.64 Å². The van der Waals surface area contributed by atoms with Crippen LogP contribution in [0.5, 0.6) is 5.75 Å². The molecular formula is C22H19N3O6. The van der Waals surface area contributed by atoms with Crippen LogP contribution in [0.15, 0.2) is 51.5 Å². The topological polar surface area (TPSA) is 119 Å². The van der Waals surface area contributed by atoms with E-state index < -0.39 is 5.97 Å². The summed E-state index contributed by atoms with van der Waals surface area (Å²) in [6.45, 7) is 1.03. The zero-order chi connectivity index (χ0) is 21.8. The van der Waals surface area contributed by atoms with Gasteiger partial charge in [0.15, 0.2) is 5.76 Å². The van der Waals surface area contributed by atoms with Gasteiger partial charge in [0.1, 0.15) is 11.8 Å². The quantitative estimate of drug-likeness (QED) is 0.451. The number of piperidine rings is 1. The Kier molecular flexibility index (Phi) is 5.71. The number of benzene rings is 1. The second kappa shape index (κ2) is 8.75. The minimum absolute atomic E-state index is 0.179. The fraction of sp³-hybridized carbons (Fsp3) is 0.273. The standard InChI is InChI=1S/C22H19N3O6/c1-28-21(26)14-4-6-16(7-5-14)30-22(27)15-8-10-25(11-9-15)20-17(13-23)24-19(31-20)18-3-2-12-29-18/h2-7,12,15H,8-11H2,1H3. The molecule has 158 valence electrons. The van der Waals surface area contributed by atoms with Gasteiger partial charge in [-0.15, -0.1) is 0 Å². The van der Waals surface area contributed by atoms with Crippen LogP contribution in [0.25, 0.3) is 11.7 Å². The molecule has 2 aromatic heterocycles. The Labute approximate surface area is 177 Å². The van der Waals surface area contributed by atoms with Crippen LogP contribution in [-0.4, -0.2) is 37.1 Å². The van der Waals surface area contributed by atoms with Gasteiger partial charge < -0.3 is 23.2 Å². The Morgan fingerprint density at radius 1 is 1.19 bits per heavy atom. The first-order chi connectivity index (χ1) is 15.1. The number of furan rings is 1. The molecule has 0 saturated carbocycles. The lowest BCUT2D eigenvalue weighted by molar-refractivity contribution is -0.139. The van der Waals surface area contributed by atoms with Crippen LogP contribution in [0, 0.1) is 17.2 Å². The van der Waals surface area contributed by atoms with Gasteiger partial charge in [-0.25, -0.2) is 4.79 Å². The van der Waals surface area contributed by atoms with Crippen molar-refractivity contribution in [1.29, 1.82) is 5.26 Å². The Bertz CT molecular complexity index is 1100. The van der Waals surface area contributed by atoms with E-state index in [1.807, 2.05) is 11.0 Å². The minimum atomic E-state index is -0.454. The van der Waals surface area contributed by atoms with E-state index in [1.54, 1.807) is 36.4 Å². The molecule has 3 aromatic rings. The molecule has 1 aliphatic rings. The number of hydrogen-bond acceptors (Lipinski definition) is 9. The van der Waals surface area contributed by atoms with Gasteiger partial charge in [-0.05, 0) is 49.2 Å². The average Bonchev–Trinajstić information content (AvgIpc) is 3.49. The predicted octanol–water partition coefficient (Wildman–Crippen LogP) is 3.41. The minimum Gasteiger partial charge on any atom is -0.465 e. The highest BCUT2D eigenvalue weighted by molar-refractivity contribution is 5.89. The Morgan fingerprint density at radius 3 is 2.55 bits per heavy atom. The van der Waals surface area contributed by atoms with E-state index in [0.717, 1.165) is 0 Å². The van der Waals surface area contributed by atoms with E-state index in [1.165, 1.54) is 13.4 Å². The normalized spacial score (nSPS) is 14.1. The van der Waals surface area contributed by atoms with Crippen molar-refractivity contribution in [3.63, 3.8) is 0 Å². The average molecular weight is 421 g/mol. The molecule has 4 rings (SSSR count). The summed E-state index contributed by atoms with van der Waals surface area (Å²) < 4.78 is 21.1. The van der Waals surface area contributed by atoms with Crippen molar-refractivity contribution in [2.75, 3.05) is 25.1 Å². The van der Waals surface area contributed by atoms with E-state index in [2.05, 4.69) is 9.72 Å². The fourth-order valence-corrected chi connectivity index (χ4v) is 3.40. The lowest BCUT2D eigenvalue weighted by atomic mass is 9.97. The van der Waals surface area contributed by atoms with E-state index in [9.17, 15) is 14.9 Å². The van der Waals surface area contributed by atoms with Crippen molar-refractivity contribution in [3.8, 4) is 23.5 Å². The first-order valence-corrected chi connectivity index (χ1v) is 9.69. The SMILES string of the molecule is COC(=O)c1ccc(OC(=O)C2CCN(c3oc(-c4ccco4)nc3C#N)CC2)cc1. The zero-order valence-corrected chi connectivity index (χ0v) is 16.7. The van der Waals surface area contributed by atoms with Crippen molar-refractivity contribution in [1.82, 2.24) is 4.98 Å². The summed E-state index contributed by atoms with van der Waals surface area (Å²) in [6, 6.07) is 11.7. The molecule has 1 aliphatic heterocycles. The number of carbonyl (C=O) groups is 2. The van der Waals surface area contributed by atoms with Crippen LogP contribution in [0.2, 0.25) is 0 Å². The maximum absolute atomic E-state index is 12.5. The van der Waals surface area contributed by atoms with Gasteiger partial charge in [-0.1, -0.05) is 0 Å². The van der Waals surface area contributed by atoms with Gasteiger partial charge in [-0.3, -0.25) is 4.79 Å². The van der Waals surface area contributed by atoms with E-state index >= 15 is 0 Å². The van der Waals surface area contributed by atoms with Gasteiger partial charge in [0.25, 0.3) is 5.89 Å². The van der Waals surface area contributed by atoms with Gasteiger partial charge in [0.2, 0.25) is 11.6 Å². The monoisotopic (exact) mass is 421 g/mol. The second-order valence-electron chi connectivity index (χ2n) is 6.96. The number of aromatic nitrogens is 1. The number of nitrogens with zero attached hydrogens (tertiary/aromatic N) is 3. The second-order valence-corrected chi connectivity index (χ2v) is 6.96. The van der Waals surface area contributed by atoms with Crippen LogP contribution in [0.3, 0.4) is 0 Å². The first-order valence-electron chi connectivity index (χ1n) is 9.69. The molecule has 0 atom stereocenters. The van der Waals surface area contributed by atoms with Crippen LogP contribution in [-0.2, 0) is 9.53 Å². The van der Waals surface area contributed by atoms with Crippen LogP contribution in [0.4, 0.5) is 5.88 Å². The van der Waals surface area contributed by atoms with Gasteiger partial charge >= 0.3 is 11.9 Å². The molecule has 0 aliphatic carbocycles. The molecule has 0 N–H and O–H groups in total.